The molecule has 32 heavy (non-hydrogen) atoms. The van der Waals surface area contributed by atoms with Gasteiger partial charge in [-0.15, -0.1) is 0 Å². The van der Waals surface area contributed by atoms with Crippen LogP contribution in [0.4, 0.5) is 14.0 Å². The monoisotopic (exact) mass is 506 g/mol. The summed E-state index contributed by atoms with van der Waals surface area (Å²) in [6.45, 7) is 6.07. The minimum Gasteiger partial charge on any atom is -0.453 e. The molecular formula is C24H28BrFN2O4. The molecule has 2 amide bonds. The molecule has 1 aliphatic heterocycles. The lowest BCUT2D eigenvalue weighted by atomic mass is 9.78. The van der Waals surface area contributed by atoms with Crippen LogP contribution in [0.3, 0.4) is 0 Å². The van der Waals surface area contributed by atoms with Gasteiger partial charge in [0.25, 0.3) is 0 Å². The van der Waals surface area contributed by atoms with Crippen LogP contribution in [0.2, 0.25) is 0 Å². The fourth-order valence-corrected chi connectivity index (χ4v) is 4.48. The van der Waals surface area contributed by atoms with Gasteiger partial charge in [-0.25, -0.2) is 14.0 Å². The van der Waals surface area contributed by atoms with Crippen molar-refractivity contribution in [1.29, 1.82) is 0 Å². The SMILES string of the molecule is COC(=O)NC(C)(C)C[C@]1(c2ccc(F)cc2)CCN(C(C)c2ccc(Br)cc2)C(=O)O1. The average Bonchev–Trinajstić information content (AvgIpc) is 2.73. The van der Waals surface area contributed by atoms with Gasteiger partial charge >= 0.3 is 12.2 Å². The van der Waals surface area contributed by atoms with E-state index in [4.69, 9.17) is 9.47 Å². The van der Waals surface area contributed by atoms with E-state index in [1.54, 1.807) is 17.0 Å². The summed E-state index contributed by atoms with van der Waals surface area (Å²) in [6, 6.07) is 13.6. The molecule has 1 aliphatic rings. The van der Waals surface area contributed by atoms with E-state index in [9.17, 15) is 14.0 Å². The maximum absolute atomic E-state index is 13.6. The Morgan fingerprint density at radius 3 is 2.44 bits per heavy atom. The van der Waals surface area contributed by atoms with Crippen LogP contribution in [0.1, 0.15) is 50.8 Å². The van der Waals surface area contributed by atoms with Gasteiger partial charge in [0.2, 0.25) is 0 Å². The van der Waals surface area contributed by atoms with Gasteiger partial charge in [-0.3, -0.25) is 0 Å². The number of benzene rings is 2. The number of ether oxygens (including phenoxy) is 2. The van der Waals surface area contributed by atoms with Gasteiger partial charge in [0, 0.05) is 29.4 Å². The third-order valence-electron chi connectivity index (χ3n) is 5.82. The van der Waals surface area contributed by atoms with Crippen molar-refractivity contribution in [2.75, 3.05) is 13.7 Å². The van der Waals surface area contributed by atoms with Crippen LogP contribution < -0.4 is 5.32 Å². The van der Waals surface area contributed by atoms with Gasteiger partial charge in [0.1, 0.15) is 11.4 Å². The molecule has 3 rings (SSSR count). The molecule has 172 valence electrons. The van der Waals surface area contributed by atoms with Crippen molar-refractivity contribution in [2.45, 2.75) is 50.8 Å². The zero-order valence-electron chi connectivity index (χ0n) is 18.7. The Hall–Kier alpha value is -2.61. The first-order valence-electron chi connectivity index (χ1n) is 10.4. The Morgan fingerprint density at radius 2 is 1.88 bits per heavy atom. The number of methoxy groups -OCH3 is 1. The van der Waals surface area contributed by atoms with E-state index < -0.39 is 23.3 Å². The molecule has 1 fully saturated rings. The largest absolute Gasteiger partial charge is 0.453 e. The summed E-state index contributed by atoms with van der Waals surface area (Å²) in [5.74, 6) is -0.372. The number of hydrogen-bond acceptors (Lipinski definition) is 4. The van der Waals surface area contributed by atoms with E-state index in [1.807, 2.05) is 45.0 Å². The fraction of sp³-hybridized carbons (Fsp3) is 0.417. The van der Waals surface area contributed by atoms with E-state index in [2.05, 4.69) is 21.2 Å². The molecule has 1 saturated heterocycles. The van der Waals surface area contributed by atoms with Gasteiger partial charge in [0.05, 0.1) is 13.2 Å². The highest BCUT2D eigenvalue weighted by Crippen LogP contribution is 2.42. The van der Waals surface area contributed by atoms with Crippen molar-refractivity contribution in [3.63, 3.8) is 0 Å². The number of cyclic esters (lactones) is 1. The number of carbonyl (C=O) groups is 2. The molecule has 1 N–H and O–H groups in total. The van der Waals surface area contributed by atoms with E-state index in [1.165, 1.54) is 19.2 Å². The number of halogens is 2. The quantitative estimate of drug-likeness (QED) is 0.528. The van der Waals surface area contributed by atoms with E-state index in [0.717, 1.165) is 10.0 Å². The number of rotatable bonds is 6. The highest BCUT2D eigenvalue weighted by Gasteiger charge is 2.47. The number of nitrogens with zero attached hydrogens (tertiary/aromatic N) is 1. The summed E-state index contributed by atoms with van der Waals surface area (Å²) in [6.07, 6.45) is -0.244. The predicted molar refractivity (Wildman–Crippen MR) is 123 cm³/mol. The molecule has 2 aromatic carbocycles. The second-order valence-corrected chi connectivity index (χ2v) is 9.63. The normalized spacial score (nSPS) is 19.8. The van der Waals surface area contributed by atoms with Gasteiger partial charge in [0.15, 0.2) is 0 Å². The van der Waals surface area contributed by atoms with Crippen molar-refractivity contribution in [3.8, 4) is 0 Å². The third kappa shape index (κ3) is 5.41. The molecule has 0 bridgehead atoms. The summed E-state index contributed by atoms with van der Waals surface area (Å²) in [5.41, 5.74) is -0.0954. The smallest absolute Gasteiger partial charge is 0.411 e. The maximum atomic E-state index is 13.6. The lowest BCUT2D eigenvalue weighted by molar-refractivity contribution is -0.0760. The Kier molecular flexibility index (Phi) is 7.12. The van der Waals surface area contributed by atoms with Gasteiger partial charge in [-0.1, -0.05) is 40.2 Å². The van der Waals surface area contributed by atoms with Gasteiger partial charge in [-0.05, 0) is 56.2 Å². The molecule has 0 radical (unpaired) electrons. The van der Waals surface area contributed by atoms with Crippen LogP contribution in [0, 0.1) is 5.82 Å². The standard InChI is InChI=1S/C24H28BrFN2O4/c1-16(17-5-9-19(25)10-6-17)28-14-13-24(32-22(28)30,18-7-11-20(26)12-8-18)15-23(2,3)27-21(29)31-4/h5-12,16H,13-15H2,1-4H3,(H,27,29)/t16?,24-/m0/s1. The molecule has 0 spiro atoms. The fourth-order valence-electron chi connectivity index (χ4n) is 4.21. The molecule has 1 heterocycles. The molecule has 0 aliphatic carbocycles. The Balaban J connectivity index is 1.88. The predicted octanol–water partition coefficient (Wildman–Crippen LogP) is 5.91. The third-order valence-corrected chi connectivity index (χ3v) is 6.35. The summed E-state index contributed by atoms with van der Waals surface area (Å²) in [4.78, 5) is 26.7. The summed E-state index contributed by atoms with van der Waals surface area (Å²) < 4.78 is 25.4. The maximum Gasteiger partial charge on any atom is 0.411 e. The van der Waals surface area contributed by atoms with Crippen LogP contribution in [-0.2, 0) is 15.1 Å². The van der Waals surface area contributed by atoms with Gasteiger partial charge < -0.3 is 19.7 Å². The van der Waals surface area contributed by atoms with Crippen molar-refractivity contribution >= 4 is 28.1 Å². The first-order chi connectivity index (χ1) is 15.0. The number of hydrogen-bond donors (Lipinski definition) is 1. The molecule has 1 unspecified atom stereocenters. The number of amides is 2. The first kappa shape index (κ1) is 24.0. The summed E-state index contributed by atoms with van der Waals surface area (Å²) in [5, 5.41) is 2.79. The molecule has 0 saturated carbocycles. The molecule has 0 aromatic heterocycles. The second-order valence-electron chi connectivity index (χ2n) is 8.72. The average molecular weight is 507 g/mol. The summed E-state index contributed by atoms with van der Waals surface area (Å²) >= 11 is 3.43. The van der Waals surface area contributed by atoms with Crippen LogP contribution in [0.15, 0.2) is 53.0 Å². The Bertz CT molecular complexity index is 965. The lowest BCUT2D eigenvalue weighted by Gasteiger charge is -2.46. The van der Waals surface area contributed by atoms with E-state index >= 15 is 0 Å². The Labute approximate surface area is 196 Å². The van der Waals surface area contributed by atoms with Crippen molar-refractivity contribution in [3.05, 3.63) is 69.9 Å². The minimum atomic E-state index is -1.02. The topological polar surface area (TPSA) is 67.9 Å². The highest BCUT2D eigenvalue weighted by atomic mass is 79.9. The van der Waals surface area contributed by atoms with E-state index in [-0.39, 0.29) is 11.9 Å². The number of nitrogens with one attached hydrogen (secondary N) is 1. The van der Waals surface area contributed by atoms with Gasteiger partial charge in [-0.2, -0.15) is 0 Å². The zero-order chi connectivity index (χ0) is 23.5. The van der Waals surface area contributed by atoms with Crippen LogP contribution >= 0.6 is 15.9 Å². The Morgan fingerprint density at radius 1 is 1.25 bits per heavy atom. The molecule has 2 aromatic rings. The first-order valence-corrected chi connectivity index (χ1v) is 11.2. The highest BCUT2D eigenvalue weighted by molar-refractivity contribution is 9.10. The van der Waals surface area contributed by atoms with Crippen LogP contribution in [-0.4, -0.2) is 36.3 Å². The molecule has 6 nitrogen and oxygen atoms in total. The van der Waals surface area contributed by atoms with Crippen LogP contribution in [0.25, 0.3) is 0 Å². The lowest BCUT2D eigenvalue weighted by Crippen LogP contribution is -2.54. The zero-order valence-corrected chi connectivity index (χ0v) is 20.2. The molecule has 2 atom stereocenters. The number of carbonyl (C=O) groups excluding carboxylic acids is 2. The second kappa shape index (κ2) is 9.48. The van der Waals surface area contributed by atoms with Crippen LogP contribution in [0.5, 0.6) is 0 Å². The molecule has 8 heteroatoms. The van der Waals surface area contributed by atoms with Crippen molar-refractivity contribution in [1.82, 2.24) is 10.2 Å². The minimum absolute atomic E-state index is 0.178. The van der Waals surface area contributed by atoms with E-state index in [0.29, 0.717) is 24.9 Å². The summed E-state index contributed by atoms with van der Waals surface area (Å²) in [7, 11) is 1.29. The van der Waals surface area contributed by atoms with Crippen molar-refractivity contribution < 1.29 is 23.5 Å². The van der Waals surface area contributed by atoms with Crippen molar-refractivity contribution in [2.24, 2.45) is 0 Å². The number of alkyl carbamates (subject to hydrolysis) is 1. The molecular weight excluding hydrogens is 479 g/mol.